The number of para-hydroxylation sites is 1. The number of esters is 1. The van der Waals surface area contributed by atoms with Crippen molar-refractivity contribution in [2.45, 2.75) is 24.1 Å². The normalized spacial score (nSPS) is 23.8. The van der Waals surface area contributed by atoms with Gasteiger partial charge in [-0.15, -0.1) is 0 Å². The molecule has 0 aliphatic carbocycles. The largest absolute Gasteiger partial charge is 0.464 e. The second kappa shape index (κ2) is 4.94. The van der Waals surface area contributed by atoms with Crippen molar-refractivity contribution in [3.8, 4) is 0 Å². The Morgan fingerprint density at radius 3 is 2.90 bits per heavy atom. The highest BCUT2D eigenvalue weighted by atomic mass is 79.9. The molecule has 1 amide bonds. The Balaban J connectivity index is 2.19. The highest BCUT2D eigenvalue weighted by molar-refractivity contribution is 9.11. The van der Waals surface area contributed by atoms with Crippen LogP contribution in [0.15, 0.2) is 18.2 Å². The number of nitrogens with zero attached hydrogens (tertiary/aromatic N) is 1. The maximum absolute atomic E-state index is 12.7. The maximum Gasteiger partial charge on any atom is 0.340 e. The minimum absolute atomic E-state index is 0.111. The van der Waals surface area contributed by atoms with Gasteiger partial charge in [-0.1, -0.05) is 28.1 Å². The van der Waals surface area contributed by atoms with Gasteiger partial charge in [0.05, 0.1) is 12.3 Å². The molecule has 1 aromatic rings. The van der Waals surface area contributed by atoms with Crippen LogP contribution in [0.25, 0.3) is 0 Å². The minimum atomic E-state index is -1.95. The SMILES string of the molecule is CCOC(=O)C1(Br)C(=O)c2cccc3c2N(CCC3)C1=O. The standard InChI is InChI=1S/C15H14BrNO4/c1-2-21-14(20)15(16)12(18)10-7-3-5-9-6-4-8-17(11(9)10)13(15)19/h3,5,7H,2,4,6,8H2,1H3. The summed E-state index contributed by atoms with van der Waals surface area (Å²) in [5.74, 6) is -1.94. The summed E-state index contributed by atoms with van der Waals surface area (Å²) < 4.78 is 2.97. The Morgan fingerprint density at radius 1 is 1.43 bits per heavy atom. The Kier molecular flexibility index (Phi) is 3.36. The third-order valence-corrected chi connectivity index (χ3v) is 4.89. The van der Waals surface area contributed by atoms with E-state index in [1.54, 1.807) is 19.1 Å². The molecule has 0 N–H and O–H groups in total. The summed E-state index contributed by atoms with van der Waals surface area (Å²) in [6.45, 7) is 2.25. The fourth-order valence-electron chi connectivity index (χ4n) is 2.92. The van der Waals surface area contributed by atoms with E-state index in [0.717, 1.165) is 18.4 Å². The molecule has 0 bridgehead atoms. The number of ketones is 1. The van der Waals surface area contributed by atoms with Gasteiger partial charge in [0.2, 0.25) is 5.78 Å². The second-order valence-corrected chi connectivity index (χ2v) is 6.27. The molecular formula is C15H14BrNO4. The van der Waals surface area contributed by atoms with Crippen molar-refractivity contribution in [1.29, 1.82) is 0 Å². The lowest BCUT2D eigenvalue weighted by atomic mass is 9.85. The van der Waals surface area contributed by atoms with Crippen molar-refractivity contribution in [2.75, 3.05) is 18.1 Å². The van der Waals surface area contributed by atoms with Gasteiger partial charge in [-0.05, 0) is 31.4 Å². The molecule has 0 aromatic heterocycles. The molecule has 1 unspecified atom stereocenters. The predicted molar refractivity (Wildman–Crippen MR) is 79.7 cm³/mol. The number of halogens is 1. The van der Waals surface area contributed by atoms with E-state index in [0.29, 0.717) is 17.8 Å². The number of hydrogen-bond donors (Lipinski definition) is 0. The zero-order valence-electron chi connectivity index (χ0n) is 11.5. The van der Waals surface area contributed by atoms with Gasteiger partial charge in [0, 0.05) is 12.1 Å². The molecule has 6 heteroatoms. The van der Waals surface area contributed by atoms with Crippen LogP contribution in [0.3, 0.4) is 0 Å². The summed E-state index contributed by atoms with van der Waals surface area (Å²) in [7, 11) is 0. The number of ether oxygens (including phenoxy) is 1. The Hall–Kier alpha value is -1.69. The third kappa shape index (κ3) is 1.85. The van der Waals surface area contributed by atoms with Crippen LogP contribution in [0.5, 0.6) is 0 Å². The third-order valence-electron chi connectivity index (χ3n) is 3.87. The zero-order valence-corrected chi connectivity index (χ0v) is 13.1. The monoisotopic (exact) mass is 351 g/mol. The fourth-order valence-corrected chi connectivity index (χ4v) is 3.46. The fraction of sp³-hybridized carbons (Fsp3) is 0.400. The van der Waals surface area contributed by atoms with Crippen LogP contribution in [0.4, 0.5) is 5.69 Å². The molecule has 0 saturated carbocycles. The Labute approximate surface area is 130 Å². The van der Waals surface area contributed by atoms with Crippen LogP contribution in [0.1, 0.15) is 29.3 Å². The number of alkyl halides is 1. The average Bonchev–Trinajstić information content (AvgIpc) is 2.50. The van der Waals surface area contributed by atoms with Gasteiger partial charge in [0.1, 0.15) is 0 Å². The van der Waals surface area contributed by atoms with E-state index in [-0.39, 0.29) is 6.61 Å². The van der Waals surface area contributed by atoms with E-state index >= 15 is 0 Å². The van der Waals surface area contributed by atoms with E-state index in [1.165, 1.54) is 4.90 Å². The average molecular weight is 352 g/mol. The molecule has 21 heavy (non-hydrogen) atoms. The van der Waals surface area contributed by atoms with E-state index in [4.69, 9.17) is 4.74 Å². The Morgan fingerprint density at radius 2 is 2.19 bits per heavy atom. The van der Waals surface area contributed by atoms with Gasteiger partial charge in [-0.25, -0.2) is 4.79 Å². The van der Waals surface area contributed by atoms with E-state index in [1.807, 2.05) is 6.07 Å². The quantitative estimate of drug-likeness (QED) is 0.463. The van der Waals surface area contributed by atoms with Crippen molar-refractivity contribution in [3.05, 3.63) is 29.3 Å². The summed E-state index contributed by atoms with van der Waals surface area (Å²) in [6, 6.07) is 5.35. The smallest absolute Gasteiger partial charge is 0.340 e. The molecule has 2 aliphatic heterocycles. The molecule has 1 atom stereocenters. The van der Waals surface area contributed by atoms with Gasteiger partial charge in [0.15, 0.2) is 0 Å². The van der Waals surface area contributed by atoms with Crippen molar-refractivity contribution in [3.63, 3.8) is 0 Å². The van der Waals surface area contributed by atoms with E-state index in [9.17, 15) is 14.4 Å². The first-order chi connectivity index (χ1) is 10.0. The highest BCUT2D eigenvalue weighted by Crippen LogP contribution is 2.42. The molecule has 110 valence electrons. The molecule has 0 saturated heterocycles. The van der Waals surface area contributed by atoms with E-state index < -0.39 is 22.0 Å². The lowest BCUT2D eigenvalue weighted by molar-refractivity contribution is -0.147. The number of amides is 1. The molecule has 0 fully saturated rings. The summed E-state index contributed by atoms with van der Waals surface area (Å²) in [6.07, 6.45) is 1.64. The first kappa shape index (κ1) is 14.3. The number of benzene rings is 1. The van der Waals surface area contributed by atoms with E-state index in [2.05, 4.69) is 15.9 Å². The van der Waals surface area contributed by atoms with Crippen molar-refractivity contribution in [1.82, 2.24) is 0 Å². The summed E-state index contributed by atoms with van der Waals surface area (Å²) in [5, 5.41) is 0. The number of carbonyl (C=O) groups is 3. The number of aryl methyl sites for hydroxylation is 1. The second-order valence-electron chi connectivity index (χ2n) is 5.08. The topological polar surface area (TPSA) is 63.7 Å². The lowest BCUT2D eigenvalue weighted by Gasteiger charge is -2.40. The molecule has 3 rings (SSSR count). The zero-order chi connectivity index (χ0) is 15.2. The lowest BCUT2D eigenvalue weighted by Crippen LogP contribution is -2.60. The number of rotatable bonds is 2. The van der Waals surface area contributed by atoms with Crippen LogP contribution in [-0.4, -0.2) is 35.1 Å². The Bertz CT molecular complexity index is 657. The summed E-state index contributed by atoms with van der Waals surface area (Å²) in [5.41, 5.74) is 2.02. The first-order valence-corrected chi connectivity index (χ1v) is 7.66. The minimum Gasteiger partial charge on any atom is -0.464 e. The maximum atomic E-state index is 12.7. The van der Waals surface area contributed by atoms with Crippen LogP contribution in [-0.2, 0) is 20.7 Å². The molecule has 5 nitrogen and oxygen atoms in total. The van der Waals surface area contributed by atoms with Gasteiger partial charge in [0.25, 0.3) is 10.2 Å². The molecule has 1 aromatic carbocycles. The van der Waals surface area contributed by atoms with Crippen molar-refractivity contribution >= 4 is 39.3 Å². The molecule has 2 aliphatic rings. The van der Waals surface area contributed by atoms with Crippen molar-refractivity contribution in [2.24, 2.45) is 0 Å². The molecular weight excluding hydrogens is 338 g/mol. The van der Waals surface area contributed by atoms with Gasteiger partial charge in [-0.3, -0.25) is 9.59 Å². The van der Waals surface area contributed by atoms with Gasteiger partial charge >= 0.3 is 5.97 Å². The highest BCUT2D eigenvalue weighted by Gasteiger charge is 2.58. The molecule has 2 heterocycles. The number of carbonyl (C=O) groups excluding carboxylic acids is 3. The number of hydrogen-bond acceptors (Lipinski definition) is 4. The number of anilines is 1. The number of Topliss-reactive ketones (excluding diaryl/α,β-unsaturated/α-hetero) is 1. The van der Waals surface area contributed by atoms with Crippen LogP contribution >= 0.6 is 15.9 Å². The first-order valence-electron chi connectivity index (χ1n) is 6.86. The van der Waals surface area contributed by atoms with Crippen LogP contribution in [0.2, 0.25) is 0 Å². The van der Waals surface area contributed by atoms with Gasteiger partial charge in [-0.2, -0.15) is 0 Å². The van der Waals surface area contributed by atoms with Crippen LogP contribution in [0, 0.1) is 0 Å². The van der Waals surface area contributed by atoms with Crippen LogP contribution < -0.4 is 4.90 Å². The van der Waals surface area contributed by atoms with Gasteiger partial charge < -0.3 is 9.64 Å². The van der Waals surface area contributed by atoms with Crippen molar-refractivity contribution < 1.29 is 19.1 Å². The summed E-state index contributed by atoms with van der Waals surface area (Å²) >= 11 is 3.08. The predicted octanol–water partition coefficient (Wildman–Crippen LogP) is 1.86. The summed E-state index contributed by atoms with van der Waals surface area (Å²) in [4.78, 5) is 39.1. The molecule has 0 radical (unpaired) electrons. The molecule has 0 spiro atoms.